The fourth-order valence-corrected chi connectivity index (χ4v) is 3.62. The smallest absolute Gasteiger partial charge is 0.191 e. The summed E-state index contributed by atoms with van der Waals surface area (Å²) < 4.78 is 5.23. The molecule has 1 aromatic carbocycles. The number of aryl methyl sites for hydroxylation is 2. The number of benzene rings is 1. The van der Waals surface area contributed by atoms with Crippen LogP contribution < -0.4 is 15.5 Å². The molecule has 1 aliphatic rings. The summed E-state index contributed by atoms with van der Waals surface area (Å²) >= 11 is 6.12. The second-order valence-electron chi connectivity index (χ2n) is 6.87. The topological polar surface area (TPSA) is 65.7 Å². The van der Waals surface area contributed by atoms with Gasteiger partial charge in [-0.25, -0.2) is 0 Å². The Hall–Kier alpha value is -1.48. The summed E-state index contributed by atoms with van der Waals surface area (Å²) in [6.45, 7) is 9.49. The summed E-state index contributed by atoms with van der Waals surface area (Å²) in [7, 11) is 0. The lowest BCUT2D eigenvalue weighted by Crippen LogP contribution is -2.44. The zero-order valence-electron chi connectivity index (χ0n) is 16.7. The second-order valence-corrected chi connectivity index (χ2v) is 7.31. The maximum absolute atomic E-state index is 6.12. The van der Waals surface area contributed by atoms with Gasteiger partial charge in [0.1, 0.15) is 5.76 Å². The molecular formula is C20H29ClIN5O. The molecule has 1 atom stereocenters. The molecule has 0 saturated carbocycles. The molecule has 2 heterocycles. The van der Waals surface area contributed by atoms with Gasteiger partial charge in [-0.1, -0.05) is 22.8 Å². The first-order chi connectivity index (χ1) is 13.1. The van der Waals surface area contributed by atoms with E-state index in [1.165, 1.54) is 5.69 Å². The Bertz CT molecular complexity index is 775. The average Bonchev–Trinajstić information content (AvgIpc) is 3.23. The van der Waals surface area contributed by atoms with E-state index in [1.54, 1.807) is 0 Å². The highest BCUT2D eigenvalue weighted by molar-refractivity contribution is 14.0. The molecule has 0 radical (unpaired) electrons. The Balaban J connectivity index is 0.00000280. The minimum atomic E-state index is 0. The van der Waals surface area contributed by atoms with Gasteiger partial charge >= 0.3 is 0 Å². The molecule has 3 rings (SSSR count). The van der Waals surface area contributed by atoms with E-state index in [2.05, 4.69) is 33.7 Å². The summed E-state index contributed by atoms with van der Waals surface area (Å²) in [5.41, 5.74) is 3.28. The summed E-state index contributed by atoms with van der Waals surface area (Å²) in [5.74, 6) is 1.75. The predicted molar refractivity (Wildman–Crippen MR) is 126 cm³/mol. The van der Waals surface area contributed by atoms with Crippen molar-refractivity contribution >= 4 is 47.2 Å². The Morgan fingerprint density at radius 3 is 2.89 bits per heavy atom. The van der Waals surface area contributed by atoms with Gasteiger partial charge in [0.05, 0.1) is 5.69 Å². The minimum Gasteiger partial charge on any atom is -0.369 e. The van der Waals surface area contributed by atoms with Gasteiger partial charge in [-0.15, -0.1) is 24.0 Å². The monoisotopic (exact) mass is 517 g/mol. The maximum atomic E-state index is 6.12. The van der Waals surface area contributed by atoms with Gasteiger partial charge in [0, 0.05) is 48.5 Å². The van der Waals surface area contributed by atoms with E-state index in [1.807, 2.05) is 32.0 Å². The van der Waals surface area contributed by atoms with Gasteiger partial charge in [0.25, 0.3) is 0 Å². The number of aromatic nitrogens is 1. The highest BCUT2D eigenvalue weighted by atomic mass is 127. The van der Waals surface area contributed by atoms with Crippen molar-refractivity contribution in [2.75, 3.05) is 31.1 Å². The van der Waals surface area contributed by atoms with E-state index in [-0.39, 0.29) is 24.0 Å². The van der Waals surface area contributed by atoms with Gasteiger partial charge in [-0.3, -0.25) is 4.99 Å². The molecule has 1 fully saturated rings. The number of nitrogens with one attached hydrogen (secondary N) is 2. The van der Waals surface area contributed by atoms with Crippen LogP contribution in [0.15, 0.2) is 33.8 Å². The molecule has 28 heavy (non-hydrogen) atoms. The third-order valence-electron chi connectivity index (χ3n) is 4.86. The van der Waals surface area contributed by atoms with Crippen LogP contribution in [0.1, 0.15) is 30.4 Å². The van der Waals surface area contributed by atoms with Gasteiger partial charge in [-0.2, -0.15) is 0 Å². The van der Waals surface area contributed by atoms with Gasteiger partial charge in [0.2, 0.25) is 0 Å². The van der Waals surface area contributed by atoms with Crippen molar-refractivity contribution in [1.82, 2.24) is 15.8 Å². The van der Waals surface area contributed by atoms with Crippen LogP contribution >= 0.6 is 35.6 Å². The summed E-state index contributed by atoms with van der Waals surface area (Å²) in [6.07, 6.45) is 1.90. The fraction of sp³-hybridized carbons (Fsp3) is 0.500. The molecule has 2 aromatic rings. The predicted octanol–water partition coefficient (Wildman–Crippen LogP) is 3.94. The molecule has 1 aromatic heterocycles. The second kappa shape index (κ2) is 10.9. The van der Waals surface area contributed by atoms with Crippen molar-refractivity contribution in [3.05, 3.63) is 46.3 Å². The van der Waals surface area contributed by atoms with E-state index in [4.69, 9.17) is 21.1 Å². The van der Waals surface area contributed by atoms with E-state index in [0.717, 1.165) is 60.5 Å². The molecule has 2 N–H and O–H groups in total. The first-order valence-corrected chi connectivity index (χ1v) is 9.91. The molecule has 1 aliphatic heterocycles. The summed E-state index contributed by atoms with van der Waals surface area (Å²) in [4.78, 5) is 7.09. The number of halogens is 2. The Morgan fingerprint density at radius 1 is 1.39 bits per heavy atom. The van der Waals surface area contributed by atoms with Crippen molar-refractivity contribution < 1.29 is 4.52 Å². The van der Waals surface area contributed by atoms with Crippen LogP contribution in [-0.2, 0) is 6.42 Å². The minimum absolute atomic E-state index is 0. The molecule has 8 heteroatoms. The van der Waals surface area contributed by atoms with Gasteiger partial charge in [-0.05, 0) is 51.8 Å². The van der Waals surface area contributed by atoms with Gasteiger partial charge in [0.15, 0.2) is 5.96 Å². The normalized spacial score (nSPS) is 16.8. The van der Waals surface area contributed by atoms with E-state index in [0.29, 0.717) is 12.6 Å². The number of nitrogens with zero attached hydrogens (tertiary/aromatic N) is 3. The maximum Gasteiger partial charge on any atom is 0.191 e. The van der Waals surface area contributed by atoms with Crippen molar-refractivity contribution in [2.45, 2.75) is 39.7 Å². The molecule has 0 spiro atoms. The quantitative estimate of drug-likeness (QED) is 0.345. The Labute approximate surface area is 189 Å². The highest BCUT2D eigenvalue weighted by Gasteiger charge is 2.23. The average molecular weight is 518 g/mol. The zero-order chi connectivity index (χ0) is 19.2. The molecule has 0 bridgehead atoms. The third kappa shape index (κ3) is 6.01. The Morgan fingerprint density at radius 2 is 2.21 bits per heavy atom. The Kier molecular flexibility index (Phi) is 8.88. The van der Waals surface area contributed by atoms with Crippen LogP contribution in [0.4, 0.5) is 5.69 Å². The third-order valence-corrected chi connectivity index (χ3v) is 5.09. The van der Waals surface area contributed by atoms with Crippen molar-refractivity contribution in [2.24, 2.45) is 4.99 Å². The van der Waals surface area contributed by atoms with Crippen LogP contribution in [0.2, 0.25) is 5.02 Å². The van der Waals surface area contributed by atoms with Gasteiger partial charge < -0.3 is 20.1 Å². The molecule has 6 nitrogen and oxygen atoms in total. The lowest BCUT2D eigenvalue weighted by atomic mass is 10.1. The largest absolute Gasteiger partial charge is 0.369 e. The fourth-order valence-electron chi connectivity index (χ4n) is 3.44. The number of aliphatic imine (C=N–C) groups is 1. The SMILES string of the molecule is CCNC(=NCCc1c(C)noc1C)NC1CCN(c2cccc(Cl)c2)C1.I. The van der Waals surface area contributed by atoms with Crippen LogP contribution in [0.3, 0.4) is 0 Å². The van der Waals surface area contributed by atoms with E-state index >= 15 is 0 Å². The molecule has 154 valence electrons. The van der Waals surface area contributed by atoms with Crippen LogP contribution in [-0.4, -0.2) is 43.3 Å². The standard InChI is InChI=1S/C20H28ClN5O.HI/c1-4-22-20(23-10-8-19-14(2)25-27-15(19)3)24-17-9-11-26(13-17)18-7-5-6-16(21)12-18;/h5-7,12,17H,4,8-11,13H2,1-3H3,(H2,22,23,24);1H. The summed E-state index contributed by atoms with van der Waals surface area (Å²) in [6, 6.07) is 8.40. The number of hydrogen-bond donors (Lipinski definition) is 2. The van der Waals surface area contributed by atoms with Crippen molar-refractivity contribution in [3.63, 3.8) is 0 Å². The van der Waals surface area contributed by atoms with Crippen molar-refractivity contribution in [1.29, 1.82) is 0 Å². The molecule has 1 saturated heterocycles. The number of guanidine groups is 1. The number of hydrogen-bond acceptors (Lipinski definition) is 4. The molecule has 0 amide bonds. The molecular weight excluding hydrogens is 489 g/mol. The number of rotatable bonds is 6. The summed E-state index contributed by atoms with van der Waals surface area (Å²) in [5, 5.41) is 11.7. The first kappa shape index (κ1) is 22.8. The van der Waals surface area contributed by atoms with Crippen molar-refractivity contribution in [3.8, 4) is 0 Å². The zero-order valence-corrected chi connectivity index (χ0v) is 19.8. The van der Waals surface area contributed by atoms with Crippen LogP contribution in [0, 0.1) is 13.8 Å². The molecule has 0 aliphatic carbocycles. The van der Waals surface area contributed by atoms with E-state index in [9.17, 15) is 0 Å². The number of anilines is 1. The van der Waals surface area contributed by atoms with E-state index < -0.39 is 0 Å². The lowest BCUT2D eigenvalue weighted by molar-refractivity contribution is 0.392. The molecule has 1 unspecified atom stereocenters. The lowest BCUT2D eigenvalue weighted by Gasteiger charge is -2.20. The van der Waals surface area contributed by atoms with Crippen LogP contribution in [0.25, 0.3) is 0 Å². The van der Waals surface area contributed by atoms with Crippen LogP contribution in [0.5, 0.6) is 0 Å². The highest BCUT2D eigenvalue weighted by Crippen LogP contribution is 2.23. The first-order valence-electron chi connectivity index (χ1n) is 9.54.